The molecule has 16 heavy (non-hydrogen) atoms. The van der Waals surface area contributed by atoms with Crippen LogP contribution < -0.4 is 15.5 Å². The number of nitrogens with one attached hydrogen (secondary N) is 2. The van der Waals surface area contributed by atoms with Crippen molar-refractivity contribution in [3.05, 3.63) is 21.6 Å². The van der Waals surface area contributed by atoms with Crippen LogP contribution in [0.1, 0.15) is 13.8 Å². The number of rotatable bonds is 2. The maximum Gasteiger partial charge on any atom is 0.334 e. The molecular weight excluding hydrogens is 255 g/mol. The first-order chi connectivity index (χ1) is 7.41. The first-order valence-electron chi connectivity index (χ1n) is 4.43. The summed E-state index contributed by atoms with van der Waals surface area (Å²) >= 11 is 11.3. The van der Waals surface area contributed by atoms with E-state index in [-0.39, 0.29) is 26.8 Å². The number of halogens is 2. The van der Waals surface area contributed by atoms with Gasteiger partial charge >= 0.3 is 11.2 Å². The van der Waals surface area contributed by atoms with Crippen LogP contribution in [-0.4, -0.2) is 17.2 Å². The van der Waals surface area contributed by atoms with Crippen LogP contribution in [0.25, 0.3) is 0 Å². The van der Waals surface area contributed by atoms with E-state index >= 15 is 0 Å². The lowest BCUT2D eigenvalue weighted by Crippen LogP contribution is -2.36. The van der Waals surface area contributed by atoms with E-state index in [1.165, 1.54) is 0 Å². The van der Waals surface area contributed by atoms with Gasteiger partial charge in [-0.15, -0.1) is 0 Å². The van der Waals surface area contributed by atoms with Crippen LogP contribution in [0.15, 0.2) is 6.20 Å². The molecule has 2 N–H and O–H groups in total. The molecule has 1 aromatic rings. The van der Waals surface area contributed by atoms with Crippen molar-refractivity contribution in [2.75, 3.05) is 5.32 Å². The summed E-state index contributed by atoms with van der Waals surface area (Å²) in [5.41, 5.74) is 0.178. The molecule has 0 unspecified atom stereocenters. The van der Waals surface area contributed by atoms with Crippen LogP contribution in [0, 0.1) is 5.21 Å². The van der Waals surface area contributed by atoms with Crippen molar-refractivity contribution in [1.29, 1.82) is 0 Å². The van der Waals surface area contributed by atoms with Gasteiger partial charge in [0.05, 0.1) is 5.69 Å². The first kappa shape index (κ1) is 12.8. The van der Waals surface area contributed by atoms with E-state index in [0.29, 0.717) is 0 Å². The first-order valence-corrected chi connectivity index (χ1v) is 5.18. The molecule has 6 nitrogen and oxygen atoms in total. The Bertz CT molecular complexity index is 411. The SMILES string of the molecule is CC(C)NC(=O)Nc1cn[n+]([O-])c(Cl)c1Cl. The van der Waals surface area contributed by atoms with E-state index in [1.807, 2.05) is 13.8 Å². The van der Waals surface area contributed by atoms with Crippen LogP contribution in [0.5, 0.6) is 0 Å². The standard InChI is InChI=1S/C8H10Cl2N4O2/c1-4(2)12-8(15)13-5-3-11-14(16)7(10)6(5)9/h3-4H,1-2H3,(H2,12,13,15). The van der Waals surface area contributed by atoms with Crippen LogP contribution >= 0.6 is 23.2 Å². The summed E-state index contributed by atoms with van der Waals surface area (Å²) in [4.78, 5) is 11.5. The predicted octanol–water partition coefficient (Wildman–Crippen LogP) is 1.55. The number of amides is 2. The quantitative estimate of drug-likeness (QED) is 0.628. The topological polar surface area (TPSA) is 81.0 Å². The molecule has 1 rings (SSSR count). The van der Waals surface area contributed by atoms with Crippen LogP contribution in [0.4, 0.5) is 10.5 Å². The number of carbonyl (C=O) groups is 1. The minimum absolute atomic E-state index is 0.0182. The second-order valence-corrected chi connectivity index (χ2v) is 4.03. The van der Waals surface area contributed by atoms with Crippen molar-refractivity contribution in [3.63, 3.8) is 0 Å². The molecule has 0 saturated carbocycles. The van der Waals surface area contributed by atoms with Gasteiger partial charge in [0.25, 0.3) is 0 Å². The Hall–Kier alpha value is -1.27. The summed E-state index contributed by atoms with van der Waals surface area (Å²) in [6.07, 6.45) is 1.13. The summed E-state index contributed by atoms with van der Waals surface area (Å²) < 4.78 is 0. The summed E-state index contributed by atoms with van der Waals surface area (Å²) in [5, 5.41) is 19.0. The van der Waals surface area contributed by atoms with Crippen LogP contribution in [0.3, 0.4) is 0 Å². The van der Waals surface area contributed by atoms with Crippen molar-refractivity contribution >= 4 is 34.9 Å². The van der Waals surface area contributed by atoms with E-state index in [1.54, 1.807) is 0 Å². The Morgan fingerprint density at radius 2 is 2.19 bits per heavy atom. The van der Waals surface area contributed by atoms with E-state index in [0.717, 1.165) is 6.20 Å². The Kier molecular flexibility index (Phi) is 4.14. The molecule has 1 heterocycles. The number of nitrogens with zero attached hydrogens (tertiary/aromatic N) is 2. The highest BCUT2D eigenvalue weighted by Gasteiger charge is 2.16. The van der Waals surface area contributed by atoms with Gasteiger partial charge in [-0.1, -0.05) is 11.6 Å². The van der Waals surface area contributed by atoms with Crippen molar-refractivity contribution in [2.24, 2.45) is 0 Å². The Morgan fingerprint density at radius 3 is 2.75 bits per heavy atom. The van der Waals surface area contributed by atoms with Crippen molar-refractivity contribution < 1.29 is 9.64 Å². The highest BCUT2D eigenvalue weighted by atomic mass is 35.5. The van der Waals surface area contributed by atoms with Gasteiger partial charge < -0.3 is 15.8 Å². The third kappa shape index (κ3) is 3.11. The fraction of sp³-hybridized carbons (Fsp3) is 0.375. The zero-order chi connectivity index (χ0) is 12.3. The average molecular weight is 265 g/mol. The lowest BCUT2D eigenvalue weighted by Gasteiger charge is -2.10. The lowest BCUT2D eigenvalue weighted by molar-refractivity contribution is -0.666. The molecule has 0 atom stereocenters. The molecule has 0 radical (unpaired) electrons. The fourth-order valence-electron chi connectivity index (χ4n) is 0.920. The number of aromatic nitrogens is 2. The Balaban J connectivity index is 2.82. The fourth-order valence-corrected chi connectivity index (χ4v) is 1.23. The summed E-state index contributed by atoms with van der Waals surface area (Å²) in [6.45, 7) is 3.62. The number of anilines is 1. The molecule has 0 aliphatic carbocycles. The monoisotopic (exact) mass is 264 g/mol. The number of urea groups is 1. The average Bonchev–Trinajstić information content (AvgIpc) is 2.18. The zero-order valence-corrected chi connectivity index (χ0v) is 10.1. The number of hydrogen-bond donors (Lipinski definition) is 2. The molecule has 88 valence electrons. The molecule has 0 fully saturated rings. The summed E-state index contributed by atoms with van der Waals surface area (Å²) in [5.74, 6) is 0. The Morgan fingerprint density at radius 1 is 1.56 bits per heavy atom. The molecule has 0 aliphatic rings. The van der Waals surface area contributed by atoms with Crippen molar-refractivity contribution in [1.82, 2.24) is 10.4 Å². The van der Waals surface area contributed by atoms with E-state index < -0.39 is 6.03 Å². The molecule has 0 aliphatic heterocycles. The molecule has 2 amide bonds. The van der Waals surface area contributed by atoms with Gasteiger partial charge in [-0.2, -0.15) is 0 Å². The molecule has 0 saturated heterocycles. The predicted molar refractivity (Wildman–Crippen MR) is 60.5 cm³/mol. The Labute approximate surface area is 102 Å². The molecule has 0 spiro atoms. The smallest absolute Gasteiger partial charge is 0.334 e. The summed E-state index contributed by atoms with van der Waals surface area (Å²) in [7, 11) is 0. The van der Waals surface area contributed by atoms with E-state index in [9.17, 15) is 10.0 Å². The minimum atomic E-state index is -0.446. The van der Waals surface area contributed by atoms with Gasteiger partial charge in [0.2, 0.25) is 0 Å². The minimum Gasteiger partial charge on any atom is -0.593 e. The van der Waals surface area contributed by atoms with Gasteiger partial charge in [0.15, 0.2) is 5.02 Å². The van der Waals surface area contributed by atoms with Crippen molar-refractivity contribution in [3.8, 4) is 0 Å². The molecule has 0 bridgehead atoms. The third-order valence-electron chi connectivity index (χ3n) is 1.55. The number of carbonyl (C=O) groups excluding carboxylic acids is 1. The van der Waals surface area contributed by atoms with Gasteiger partial charge in [-0.05, 0) is 30.3 Å². The normalized spacial score (nSPS) is 10.3. The summed E-state index contributed by atoms with van der Waals surface area (Å²) in [6, 6.07) is -0.464. The van der Waals surface area contributed by atoms with Gasteiger partial charge in [0, 0.05) is 11.1 Å². The molecule has 1 aromatic heterocycles. The zero-order valence-electron chi connectivity index (χ0n) is 8.62. The highest BCUT2D eigenvalue weighted by molar-refractivity contribution is 6.42. The molecule has 8 heteroatoms. The third-order valence-corrected chi connectivity index (χ3v) is 2.36. The second kappa shape index (κ2) is 5.18. The van der Waals surface area contributed by atoms with Crippen molar-refractivity contribution in [2.45, 2.75) is 19.9 Å². The highest BCUT2D eigenvalue weighted by Crippen LogP contribution is 2.25. The number of hydrogen-bond acceptors (Lipinski definition) is 3. The van der Waals surface area contributed by atoms with E-state index in [4.69, 9.17) is 23.2 Å². The van der Waals surface area contributed by atoms with Gasteiger partial charge in [-0.3, -0.25) is 0 Å². The molecular formula is C8H10Cl2N4O2. The van der Waals surface area contributed by atoms with Gasteiger partial charge in [-0.25, -0.2) is 4.79 Å². The van der Waals surface area contributed by atoms with Crippen LogP contribution in [0.2, 0.25) is 10.2 Å². The van der Waals surface area contributed by atoms with Gasteiger partial charge in [0.1, 0.15) is 6.20 Å². The van der Waals surface area contributed by atoms with Crippen LogP contribution in [-0.2, 0) is 0 Å². The lowest BCUT2D eigenvalue weighted by atomic mass is 10.4. The second-order valence-electron chi connectivity index (χ2n) is 3.29. The molecule has 0 aromatic carbocycles. The van der Waals surface area contributed by atoms with E-state index in [2.05, 4.69) is 15.7 Å². The maximum atomic E-state index is 11.3. The largest absolute Gasteiger partial charge is 0.593 e. The maximum absolute atomic E-state index is 11.3.